The van der Waals surface area contributed by atoms with Gasteiger partial charge in [-0.15, -0.1) is 0 Å². The number of nitrogens with two attached hydrogens (primary N) is 1. The second-order valence-corrected chi connectivity index (χ2v) is 4.04. The Bertz CT molecular complexity index is 368. The highest BCUT2D eigenvalue weighted by atomic mass is 35.5. The Morgan fingerprint density at radius 3 is 2.67 bits per heavy atom. The predicted octanol–water partition coefficient (Wildman–Crippen LogP) is 2.51. The van der Waals surface area contributed by atoms with Gasteiger partial charge >= 0.3 is 5.97 Å². The summed E-state index contributed by atoms with van der Waals surface area (Å²) in [5, 5.41) is 9.73. The van der Waals surface area contributed by atoms with Crippen molar-refractivity contribution < 1.29 is 9.90 Å². The summed E-state index contributed by atoms with van der Waals surface area (Å²) in [6.07, 6.45) is -0.0451. The molecule has 0 fully saturated rings. The van der Waals surface area contributed by atoms with Gasteiger partial charge in [0.15, 0.2) is 0 Å². The Morgan fingerprint density at radius 1 is 1.47 bits per heavy atom. The Balaban J connectivity index is 3.00. The van der Waals surface area contributed by atoms with Crippen molar-refractivity contribution in [3.05, 3.63) is 33.8 Å². The van der Waals surface area contributed by atoms with Crippen molar-refractivity contribution in [2.45, 2.75) is 12.3 Å². The molecule has 5 heteroatoms. The lowest BCUT2D eigenvalue weighted by atomic mass is 9.96. The molecule has 0 spiro atoms. The molecule has 3 N–H and O–H groups in total. The van der Waals surface area contributed by atoms with E-state index in [4.69, 9.17) is 34.0 Å². The molecule has 1 rings (SSSR count). The molecule has 0 aliphatic heterocycles. The molecular formula is C10H11Cl2NO2. The maximum atomic E-state index is 10.6. The molecule has 0 saturated heterocycles. The Hall–Kier alpha value is -0.770. The smallest absolute Gasteiger partial charge is 0.304 e. The number of carboxylic acid groups (broad SMARTS) is 1. The number of hydrogen-bond donors (Lipinski definition) is 2. The third kappa shape index (κ3) is 3.38. The maximum absolute atomic E-state index is 10.6. The minimum atomic E-state index is -0.901. The van der Waals surface area contributed by atoms with Gasteiger partial charge in [0.2, 0.25) is 0 Å². The van der Waals surface area contributed by atoms with Crippen LogP contribution in [0.1, 0.15) is 17.9 Å². The van der Waals surface area contributed by atoms with E-state index in [2.05, 4.69) is 0 Å². The molecule has 1 aromatic rings. The summed E-state index contributed by atoms with van der Waals surface area (Å²) in [5.41, 5.74) is 6.20. The number of hydrogen-bond acceptors (Lipinski definition) is 2. The number of benzene rings is 1. The van der Waals surface area contributed by atoms with Crippen LogP contribution in [0.15, 0.2) is 18.2 Å². The van der Waals surface area contributed by atoms with Crippen LogP contribution in [-0.2, 0) is 4.79 Å². The van der Waals surface area contributed by atoms with Crippen LogP contribution in [0.3, 0.4) is 0 Å². The van der Waals surface area contributed by atoms with E-state index in [1.54, 1.807) is 18.2 Å². The van der Waals surface area contributed by atoms with E-state index in [0.29, 0.717) is 15.6 Å². The molecule has 0 aliphatic carbocycles. The summed E-state index contributed by atoms with van der Waals surface area (Å²) in [4.78, 5) is 10.6. The van der Waals surface area contributed by atoms with Gasteiger partial charge in [-0.25, -0.2) is 0 Å². The highest BCUT2D eigenvalue weighted by Crippen LogP contribution is 2.29. The fraction of sp³-hybridized carbons (Fsp3) is 0.300. The third-order valence-electron chi connectivity index (χ3n) is 2.10. The van der Waals surface area contributed by atoms with E-state index < -0.39 is 5.97 Å². The summed E-state index contributed by atoms with van der Waals surface area (Å²) >= 11 is 11.8. The van der Waals surface area contributed by atoms with Crippen LogP contribution in [-0.4, -0.2) is 17.6 Å². The van der Waals surface area contributed by atoms with Crippen LogP contribution < -0.4 is 5.73 Å². The average Bonchev–Trinajstić information content (AvgIpc) is 2.18. The largest absolute Gasteiger partial charge is 0.481 e. The molecular weight excluding hydrogens is 237 g/mol. The maximum Gasteiger partial charge on any atom is 0.304 e. The topological polar surface area (TPSA) is 63.3 Å². The molecule has 3 nitrogen and oxygen atoms in total. The third-order valence-corrected chi connectivity index (χ3v) is 2.68. The first kappa shape index (κ1) is 12.3. The van der Waals surface area contributed by atoms with Crippen molar-refractivity contribution in [1.82, 2.24) is 0 Å². The minimum absolute atomic E-state index is 0.0451. The highest BCUT2D eigenvalue weighted by molar-refractivity contribution is 6.33. The molecule has 0 saturated carbocycles. The van der Waals surface area contributed by atoms with Gasteiger partial charge in [0.05, 0.1) is 6.42 Å². The van der Waals surface area contributed by atoms with Gasteiger partial charge in [-0.05, 0) is 30.3 Å². The van der Waals surface area contributed by atoms with Crippen molar-refractivity contribution >= 4 is 29.2 Å². The molecule has 15 heavy (non-hydrogen) atoms. The summed E-state index contributed by atoms with van der Waals surface area (Å²) in [6.45, 7) is 0.229. The van der Waals surface area contributed by atoms with Crippen LogP contribution in [0.2, 0.25) is 10.0 Å². The van der Waals surface area contributed by atoms with Crippen molar-refractivity contribution in [1.29, 1.82) is 0 Å². The van der Waals surface area contributed by atoms with Gasteiger partial charge in [0.25, 0.3) is 0 Å². The molecule has 0 aliphatic rings. The van der Waals surface area contributed by atoms with Crippen molar-refractivity contribution in [2.75, 3.05) is 6.54 Å². The second-order valence-electron chi connectivity index (χ2n) is 3.20. The van der Waals surface area contributed by atoms with E-state index in [9.17, 15) is 4.79 Å². The Morgan fingerprint density at radius 2 is 2.13 bits per heavy atom. The van der Waals surface area contributed by atoms with Gasteiger partial charge in [-0.1, -0.05) is 23.2 Å². The minimum Gasteiger partial charge on any atom is -0.481 e. The van der Waals surface area contributed by atoms with Crippen LogP contribution >= 0.6 is 23.2 Å². The summed E-state index contributed by atoms with van der Waals surface area (Å²) < 4.78 is 0. The van der Waals surface area contributed by atoms with Crippen molar-refractivity contribution in [3.8, 4) is 0 Å². The highest BCUT2D eigenvalue weighted by Gasteiger charge is 2.17. The molecule has 0 bridgehead atoms. The molecule has 82 valence electrons. The zero-order valence-corrected chi connectivity index (χ0v) is 9.42. The van der Waals surface area contributed by atoms with Gasteiger partial charge < -0.3 is 10.8 Å². The van der Waals surface area contributed by atoms with E-state index >= 15 is 0 Å². The molecule has 1 aromatic carbocycles. The van der Waals surface area contributed by atoms with Crippen molar-refractivity contribution in [2.24, 2.45) is 5.73 Å². The number of rotatable bonds is 4. The second kappa shape index (κ2) is 5.35. The molecule has 0 heterocycles. The first-order valence-corrected chi connectivity index (χ1v) is 5.17. The van der Waals surface area contributed by atoms with Crippen LogP contribution in [0.5, 0.6) is 0 Å². The van der Waals surface area contributed by atoms with Crippen molar-refractivity contribution in [3.63, 3.8) is 0 Å². The Kier molecular flexibility index (Phi) is 4.39. The lowest BCUT2D eigenvalue weighted by Gasteiger charge is -2.14. The van der Waals surface area contributed by atoms with E-state index in [1.165, 1.54) is 0 Å². The number of carboxylic acids is 1. The summed E-state index contributed by atoms with van der Waals surface area (Å²) in [5.74, 6) is -1.20. The molecule has 1 atom stereocenters. The zero-order valence-electron chi connectivity index (χ0n) is 7.91. The van der Waals surface area contributed by atoms with Gasteiger partial charge in [-0.2, -0.15) is 0 Å². The van der Waals surface area contributed by atoms with Crippen LogP contribution in [0.4, 0.5) is 0 Å². The molecule has 0 amide bonds. The van der Waals surface area contributed by atoms with Gasteiger partial charge in [-0.3, -0.25) is 4.79 Å². The number of aliphatic carboxylic acids is 1. The van der Waals surface area contributed by atoms with E-state index in [-0.39, 0.29) is 18.9 Å². The van der Waals surface area contributed by atoms with Crippen LogP contribution in [0.25, 0.3) is 0 Å². The van der Waals surface area contributed by atoms with Crippen LogP contribution in [0, 0.1) is 0 Å². The molecule has 0 radical (unpaired) electrons. The lowest BCUT2D eigenvalue weighted by Crippen LogP contribution is -2.16. The number of carbonyl (C=O) groups is 1. The first-order valence-electron chi connectivity index (χ1n) is 4.41. The summed E-state index contributed by atoms with van der Waals surface area (Å²) in [6, 6.07) is 4.95. The van der Waals surface area contributed by atoms with E-state index in [0.717, 1.165) is 0 Å². The lowest BCUT2D eigenvalue weighted by molar-refractivity contribution is -0.137. The quantitative estimate of drug-likeness (QED) is 0.860. The summed E-state index contributed by atoms with van der Waals surface area (Å²) in [7, 11) is 0. The Labute approximate surface area is 97.8 Å². The normalized spacial score (nSPS) is 12.5. The SMILES string of the molecule is NC[C@H](CC(=O)O)c1cc(Cl)ccc1Cl. The average molecular weight is 248 g/mol. The van der Waals surface area contributed by atoms with E-state index in [1.807, 2.05) is 0 Å². The first-order chi connectivity index (χ1) is 7.04. The zero-order chi connectivity index (χ0) is 11.4. The van der Waals surface area contributed by atoms with Gasteiger partial charge in [0.1, 0.15) is 0 Å². The standard InChI is InChI=1S/C10H11Cl2NO2/c11-7-1-2-9(12)8(4-7)6(5-13)3-10(14)15/h1-2,4,6H,3,5,13H2,(H,14,15)/t6-/m0/s1. The molecule has 0 unspecified atom stereocenters. The fourth-order valence-electron chi connectivity index (χ4n) is 1.36. The fourth-order valence-corrected chi connectivity index (χ4v) is 1.81. The van der Waals surface area contributed by atoms with Gasteiger partial charge in [0, 0.05) is 16.0 Å². The monoisotopic (exact) mass is 247 g/mol. The molecule has 0 aromatic heterocycles. The number of halogens is 2. The predicted molar refractivity (Wildman–Crippen MR) is 60.5 cm³/mol.